The number of aliphatic carboxylic acids is 2. The van der Waals surface area contributed by atoms with E-state index < -0.39 is 11.9 Å². The van der Waals surface area contributed by atoms with Crippen LogP contribution in [0.2, 0.25) is 0 Å². The molecule has 2 unspecified atom stereocenters. The number of carboxylic acid groups (broad SMARTS) is 2. The molecule has 0 aromatic heterocycles. The molecule has 0 aliphatic rings. The monoisotopic (exact) mass is 1780 g/mol. The summed E-state index contributed by atoms with van der Waals surface area (Å²) in [6.45, 7) is 27.6. The van der Waals surface area contributed by atoms with E-state index in [4.69, 9.17) is 35.6 Å². The minimum absolute atomic E-state index is 0.0601. The normalized spacial score (nSPS) is 11.5. The van der Waals surface area contributed by atoms with Crippen molar-refractivity contribution in [2.75, 3.05) is 176 Å². The van der Waals surface area contributed by atoms with Crippen LogP contribution in [0.4, 0.5) is 0 Å². The molecule has 0 fully saturated rings. The Morgan fingerprint density at radius 1 is 0.331 bits per heavy atom. The van der Waals surface area contributed by atoms with Crippen molar-refractivity contribution in [3.05, 3.63) is 0 Å². The van der Waals surface area contributed by atoms with Crippen LogP contribution in [0.3, 0.4) is 0 Å². The lowest BCUT2D eigenvalue weighted by Crippen LogP contribution is -2.48. The van der Waals surface area contributed by atoms with E-state index in [1.54, 1.807) is 0 Å². The molecule has 0 radical (unpaired) electrons. The highest BCUT2D eigenvalue weighted by Gasteiger charge is 2.22. The number of esters is 4. The van der Waals surface area contributed by atoms with Gasteiger partial charge in [0.25, 0.3) is 0 Å². The Morgan fingerprint density at radius 2 is 0.661 bits per heavy atom. The summed E-state index contributed by atoms with van der Waals surface area (Å²) in [6.07, 6.45) is 53.4. The minimum Gasteiger partial charge on any atom is -0.481 e. The Hall–Kier alpha value is -4.68. The predicted octanol–water partition coefficient (Wildman–Crippen LogP) is 17.8. The van der Waals surface area contributed by atoms with Crippen molar-refractivity contribution in [1.29, 1.82) is 0 Å². The fraction of sp³-hybridized carbons (Fsp3) is 0.918. The Bertz CT molecular complexity index is 2310. The number of amides is 2. The maximum Gasteiger partial charge on any atom is 0.308 e. The molecule has 27 heteroatoms. The lowest BCUT2D eigenvalue weighted by Gasteiger charge is -2.25. The fourth-order valence-electron chi connectivity index (χ4n) is 13.1. The molecule has 2 atom stereocenters. The number of methoxy groups -OCH3 is 2. The average molecular weight is 1780 g/mol. The highest BCUT2D eigenvalue weighted by atomic mass is 16.5. The highest BCUT2D eigenvalue weighted by molar-refractivity contribution is 5.82. The van der Waals surface area contributed by atoms with E-state index in [0.717, 1.165) is 220 Å². The molecule has 0 bridgehead atoms. The zero-order chi connectivity index (χ0) is 94.1. The van der Waals surface area contributed by atoms with Gasteiger partial charge in [-0.25, -0.2) is 10.0 Å². The number of ether oxygens (including phenoxy) is 4. The minimum atomic E-state index is -0.711. The number of carbonyl (C=O) groups is 8. The van der Waals surface area contributed by atoms with E-state index >= 15 is 0 Å². The van der Waals surface area contributed by atoms with Crippen LogP contribution in [0.25, 0.3) is 0 Å². The van der Waals surface area contributed by atoms with Gasteiger partial charge in [0, 0.05) is 104 Å². The number of unbranched alkanes of at least 4 members (excludes halogenated alkanes) is 30. The Morgan fingerprint density at radius 3 is 0.976 bits per heavy atom. The molecule has 0 aromatic rings. The number of nitrogens with two attached hydrogens (primary N) is 1. The number of nitrogens with zero attached hydrogens (tertiary/aromatic N) is 7. The van der Waals surface area contributed by atoms with Crippen molar-refractivity contribution in [3.8, 4) is 0 Å². The van der Waals surface area contributed by atoms with Crippen molar-refractivity contribution in [2.24, 2.45) is 23.5 Å². The van der Waals surface area contributed by atoms with Gasteiger partial charge in [0.15, 0.2) is 0 Å². The third kappa shape index (κ3) is 104. The number of nitrogens with one attached hydrogen (secondary N) is 3. The molecule has 0 aliphatic carbocycles. The number of carbonyl (C=O) groups excluding carboxylic acids is 6. The Labute approximate surface area is 760 Å². The molecular formula is C97H201N11O16. The van der Waals surface area contributed by atoms with E-state index in [-0.39, 0.29) is 79.1 Å². The van der Waals surface area contributed by atoms with Crippen molar-refractivity contribution >= 4 is 47.6 Å². The summed E-state index contributed by atoms with van der Waals surface area (Å²) in [5.74, 6) is -2.25. The molecule has 2 amide bonds. The van der Waals surface area contributed by atoms with Crippen molar-refractivity contribution < 1.29 is 77.7 Å². The van der Waals surface area contributed by atoms with Gasteiger partial charge in [-0.05, 0) is 198 Å². The molecule has 0 rings (SSSR count). The summed E-state index contributed by atoms with van der Waals surface area (Å²) in [4.78, 5) is 101. The molecule has 740 valence electrons. The number of rotatable bonds is 81. The zero-order valence-electron chi connectivity index (χ0n) is 83.4. The lowest BCUT2D eigenvalue weighted by atomic mass is 9.94. The number of carboxylic acids is 2. The molecule has 0 saturated heterocycles. The quantitative estimate of drug-likeness (QED) is 0.0121. The molecule has 9 N–H and O–H groups in total. The van der Waals surface area contributed by atoms with Crippen molar-refractivity contribution in [2.45, 2.75) is 389 Å². The summed E-state index contributed by atoms with van der Waals surface area (Å²) in [6, 6.07) is 0. The van der Waals surface area contributed by atoms with Crippen LogP contribution < -0.4 is 22.0 Å². The van der Waals surface area contributed by atoms with E-state index in [9.17, 15) is 38.4 Å². The number of aliphatic hydroxyl groups is 2. The van der Waals surface area contributed by atoms with Gasteiger partial charge in [0.2, 0.25) is 11.8 Å². The van der Waals surface area contributed by atoms with Gasteiger partial charge in [0.1, 0.15) is 0 Å². The van der Waals surface area contributed by atoms with Crippen LogP contribution in [0.15, 0.2) is 0 Å². The third-order valence-corrected chi connectivity index (χ3v) is 21.4. The molecule has 124 heavy (non-hydrogen) atoms. The molecule has 0 spiro atoms. The topological polar surface area (TPSA) is 339 Å². The van der Waals surface area contributed by atoms with Gasteiger partial charge in [-0.1, -0.05) is 228 Å². The molecule has 0 aliphatic heterocycles. The van der Waals surface area contributed by atoms with Gasteiger partial charge in [-0.3, -0.25) is 59.6 Å². The second-order valence-corrected chi connectivity index (χ2v) is 34.4. The van der Waals surface area contributed by atoms with Crippen LogP contribution in [-0.4, -0.2) is 278 Å². The molecule has 0 saturated carbocycles. The standard InChI is InChI=1S/C48H97N3O4.C18H33N3O6.C16H37N3O2.C6H12O2.C5H14N2.C4H8O2/c1-7-11-15-19-21-29-37-45(35-27-17-13-9-3)47(52)54-43-33-25-23-31-39-49-51(42-41-50(5)6)40-32-24-26-34-44-55-48(53)46(36-28-18-14-10-4)38-30-22-20-16-12-8-2;1-20(2)13-14-21(16(23)10-6-8-12-18(25)27-4)19-15(22)9-5-7-11-17(24)26-3;1-18(2)13-14-19(12-8-4-6-10-16-21)17-11-7-3-5-9-15-20;1-3-5(4-2)6(7)8;1-7(2)5-3-4-6;1-2-3-4(5)6/h45-46,49H,7-44H2,1-6H3;5-14H2,1-4H3,(H,19,22);17,20-21H,3-16H2,1-2H3;5H,3-4H2,1-2H3,(H,7,8);3-6H2,1-2H3;2-3H2,1H3,(H,5,6). The first kappa shape index (κ1) is 130. The van der Waals surface area contributed by atoms with Crippen LogP contribution >= 0.6 is 0 Å². The van der Waals surface area contributed by atoms with Gasteiger partial charge >= 0.3 is 35.8 Å². The SMILES string of the molecule is CCC(CC)C(=O)O.CCCC(=O)O.CCCCCCCCC(CCCCCC)C(=O)OCCCCCCNN(CCCCCCOC(=O)C(CCCCCC)CCCCCCCC)CCN(C)C.CN(C)CCCN.CN(C)CCN(CCCCCCO)NCCCCCCO.COC(=O)CCCCC(=O)NN(CCN(C)C)C(=O)CCCCC(=O)OC. The first-order chi connectivity index (χ1) is 59.6. The van der Waals surface area contributed by atoms with E-state index in [1.165, 1.54) is 148 Å². The van der Waals surface area contributed by atoms with Gasteiger partial charge in [-0.15, -0.1) is 0 Å². The first-order valence-corrected chi connectivity index (χ1v) is 49.6. The number of hydrazine groups is 3. The fourth-order valence-corrected chi connectivity index (χ4v) is 13.1. The van der Waals surface area contributed by atoms with Gasteiger partial charge in [0.05, 0.1) is 51.7 Å². The molecule has 0 heterocycles. The molecule has 27 nitrogen and oxygen atoms in total. The number of hydrogen-bond donors (Lipinski definition) is 8. The first-order valence-electron chi connectivity index (χ1n) is 49.6. The summed E-state index contributed by atoms with van der Waals surface area (Å²) >= 11 is 0. The van der Waals surface area contributed by atoms with Crippen LogP contribution in [0, 0.1) is 17.8 Å². The second kappa shape index (κ2) is 104. The number of likely N-dealkylation sites (N-methyl/N-ethyl adjacent to an activating group) is 3. The van der Waals surface area contributed by atoms with Crippen LogP contribution in [0.5, 0.6) is 0 Å². The van der Waals surface area contributed by atoms with E-state index in [1.807, 2.05) is 39.8 Å². The van der Waals surface area contributed by atoms with Gasteiger partial charge < -0.3 is 64.7 Å². The zero-order valence-corrected chi connectivity index (χ0v) is 83.4. The second-order valence-electron chi connectivity index (χ2n) is 34.4. The van der Waals surface area contributed by atoms with E-state index in [0.29, 0.717) is 71.6 Å². The van der Waals surface area contributed by atoms with Crippen LogP contribution in [-0.2, 0) is 57.3 Å². The van der Waals surface area contributed by atoms with Crippen molar-refractivity contribution in [1.82, 2.24) is 50.9 Å². The maximum atomic E-state index is 13.0. The van der Waals surface area contributed by atoms with E-state index in [2.05, 4.69) is 120 Å². The largest absolute Gasteiger partial charge is 0.481 e. The van der Waals surface area contributed by atoms with Crippen LogP contribution in [0.1, 0.15) is 389 Å². The summed E-state index contributed by atoms with van der Waals surface area (Å²) in [7, 11) is 19.0. The summed E-state index contributed by atoms with van der Waals surface area (Å²) in [5, 5.41) is 39.9. The Balaban J connectivity index is -0.000000413. The summed E-state index contributed by atoms with van der Waals surface area (Å²) in [5.41, 5.74) is 15.1. The smallest absolute Gasteiger partial charge is 0.308 e. The third-order valence-electron chi connectivity index (χ3n) is 21.4. The average Bonchev–Trinajstić information content (AvgIpc) is 0.920. The maximum absolute atomic E-state index is 13.0. The van der Waals surface area contributed by atoms with Gasteiger partial charge in [-0.2, -0.15) is 0 Å². The molecular weight excluding hydrogens is 1580 g/mol. The lowest BCUT2D eigenvalue weighted by molar-refractivity contribution is -0.150. The Kier molecular flexibility index (Phi) is 109. The predicted molar refractivity (Wildman–Crippen MR) is 513 cm³/mol. The number of hydrogen-bond acceptors (Lipinski definition) is 23. The summed E-state index contributed by atoms with van der Waals surface area (Å²) < 4.78 is 20.8. The van der Waals surface area contributed by atoms with Crippen molar-refractivity contribution in [3.63, 3.8) is 0 Å². The highest BCUT2D eigenvalue weighted by Crippen LogP contribution is 2.23. The number of aliphatic hydroxyl groups excluding tert-OH is 2. The molecule has 0 aromatic carbocycles.